The van der Waals surface area contributed by atoms with Crippen molar-refractivity contribution >= 4 is 34.2 Å². The summed E-state index contributed by atoms with van der Waals surface area (Å²) in [4.78, 5) is 22.5. The van der Waals surface area contributed by atoms with Crippen molar-refractivity contribution < 1.29 is 19.2 Å². The van der Waals surface area contributed by atoms with Crippen LogP contribution >= 0.6 is 22.6 Å². The predicted molar refractivity (Wildman–Crippen MR) is 86.4 cm³/mol. The van der Waals surface area contributed by atoms with Gasteiger partial charge >= 0.3 is 0 Å². The minimum absolute atomic E-state index is 0.0852. The summed E-state index contributed by atoms with van der Waals surface area (Å²) in [5, 5.41) is 23.7. The molecule has 1 atom stereocenters. The molecule has 7 nitrogen and oxygen atoms in total. The van der Waals surface area contributed by atoms with Crippen LogP contribution in [0.5, 0.6) is 0 Å². The lowest BCUT2D eigenvalue weighted by Crippen LogP contribution is -2.38. The first-order chi connectivity index (χ1) is 10.3. The third-order valence-electron chi connectivity index (χ3n) is 3.06. The Balaban J connectivity index is 2.14. The highest BCUT2D eigenvalue weighted by Gasteiger charge is 2.28. The molecule has 8 heteroatoms. The maximum absolute atomic E-state index is 12.2. The van der Waals surface area contributed by atoms with Gasteiger partial charge in [-0.15, -0.1) is 0 Å². The monoisotopic (exact) mass is 416 g/mol. The van der Waals surface area contributed by atoms with Crippen LogP contribution in [0.2, 0.25) is 0 Å². The first kappa shape index (κ1) is 16.4. The highest BCUT2D eigenvalue weighted by molar-refractivity contribution is 14.1. The van der Waals surface area contributed by atoms with Crippen LogP contribution in [0, 0.1) is 13.7 Å². The van der Waals surface area contributed by atoms with Gasteiger partial charge in [0, 0.05) is 6.07 Å². The molecule has 0 saturated carbocycles. The number of nitro groups is 1. The largest absolute Gasteiger partial charge is 0.466 e. The molecule has 0 aliphatic heterocycles. The molecule has 2 rings (SSSR count). The summed E-state index contributed by atoms with van der Waals surface area (Å²) in [5.74, 6) is -0.179. The van der Waals surface area contributed by atoms with Crippen molar-refractivity contribution in [3.05, 3.63) is 61.6 Å². The van der Waals surface area contributed by atoms with E-state index in [1.165, 1.54) is 31.4 Å². The van der Waals surface area contributed by atoms with Crippen LogP contribution in [-0.2, 0) is 5.60 Å². The van der Waals surface area contributed by atoms with E-state index in [2.05, 4.69) is 5.32 Å². The number of aliphatic hydroxyl groups is 1. The zero-order valence-electron chi connectivity index (χ0n) is 11.6. The van der Waals surface area contributed by atoms with Crippen molar-refractivity contribution in [2.45, 2.75) is 12.5 Å². The quantitative estimate of drug-likeness (QED) is 0.443. The number of halogens is 1. The van der Waals surface area contributed by atoms with Gasteiger partial charge in [-0.05, 0) is 47.7 Å². The second-order valence-corrected chi connectivity index (χ2v) is 5.91. The normalized spacial score (nSPS) is 13.4. The van der Waals surface area contributed by atoms with Crippen LogP contribution in [0.25, 0.3) is 0 Å². The number of hydrogen-bond donors (Lipinski definition) is 2. The lowest BCUT2D eigenvalue weighted by Gasteiger charge is -2.21. The van der Waals surface area contributed by atoms with Gasteiger partial charge in [-0.3, -0.25) is 14.9 Å². The number of amides is 1. The van der Waals surface area contributed by atoms with Gasteiger partial charge in [-0.1, -0.05) is 6.07 Å². The van der Waals surface area contributed by atoms with E-state index in [4.69, 9.17) is 4.42 Å². The molecular formula is C14H13IN2O5. The van der Waals surface area contributed by atoms with Crippen LogP contribution in [0.3, 0.4) is 0 Å². The highest BCUT2D eigenvalue weighted by atomic mass is 127. The maximum atomic E-state index is 12.2. The summed E-state index contributed by atoms with van der Waals surface area (Å²) in [5.41, 5.74) is -1.32. The van der Waals surface area contributed by atoms with Crippen LogP contribution in [0.1, 0.15) is 23.0 Å². The molecule has 2 aromatic rings. The van der Waals surface area contributed by atoms with E-state index >= 15 is 0 Å². The number of nitrogens with one attached hydrogen (secondary N) is 1. The van der Waals surface area contributed by atoms with Gasteiger partial charge in [0.05, 0.1) is 23.3 Å². The fourth-order valence-electron chi connectivity index (χ4n) is 1.86. The maximum Gasteiger partial charge on any atom is 0.283 e. The second kappa shape index (κ2) is 6.44. The molecule has 0 aliphatic rings. The van der Waals surface area contributed by atoms with Gasteiger partial charge in [0.2, 0.25) is 0 Å². The molecule has 1 aromatic heterocycles. The predicted octanol–water partition coefficient (Wildman–Crippen LogP) is 2.43. The Bertz CT molecular complexity index is 697. The van der Waals surface area contributed by atoms with E-state index in [1.54, 1.807) is 34.7 Å². The average molecular weight is 416 g/mol. The summed E-state index contributed by atoms with van der Waals surface area (Å²) in [6.45, 7) is 1.42. The molecule has 1 aromatic carbocycles. The Morgan fingerprint density at radius 2 is 2.18 bits per heavy atom. The van der Waals surface area contributed by atoms with E-state index in [-0.39, 0.29) is 21.4 Å². The van der Waals surface area contributed by atoms with Gasteiger partial charge in [0.15, 0.2) is 0 Å². The summed E-state index contributed by atoms with van der Waals surface area (Å²) in [6, 6.07) is 7.50. The summed E-state index contributed by atoms with van der Waals surface area (Å²) in [7, 11) is 0. The van der Waals surface area contributed by atoms with Crippen LogP contribution < -0.4 is 5.32 Å². The lowest BCUT2D eigenvalue weighted by atomic mass is 10.0. The fourth-order valence-corrected chi connectivity index (χ4v) is 2.66. The van der Waals surface area contributed by atoms with Gasteiger partial charge in [0.1, 0.15) is 14.9 Å². The van der Waals surface area contributed by atoms with Crippen molar-refractivity contribution in [1.29, 1.82) is 0 Å². The fraction of sp³-hybridized carbons (Fsp3) is 0.214. The van der Waals surface area contributed by atoms with E-state index in [0.717, 1.165) is 0 Å². The minimum atomic E-state index is -1.37. The number of carbonyl (C=O) groups excluding carboxylic acids is 1. The first-order valence-corrected chi connectivity index (χ1v) is 7.38. The van der Waals surface area contributed by atoms with E-state index in [1.807, 2.05) is 0 Å². The molecule has 0 radical (unpaired) electrons. The Morgan fingerprint density at radius 1 is 1.45 bits per heavy atom. The molecule has 116 valence electrons. The number of benzene rings is 1. The molecule has 1 amide bonds. The number of nitro benzene ring substituents is 1. The van der Waals surface area contributed by atoms with E-state index in [9.17, 15) is 20.0 Å². The highest BCUT2D eigenvalue weighted by Crippen LogP contribution is 2.25. The van der Waals surface area contributed by atoms with Gasteiger partial charge in [-0.25, -0.2) is 0 Å². The van der Waals surface area contributed by atoms with Gasteiger partial charge in [0.25, 0.3) is 11.6 Å². The summed E-state index contributed by atoms with van der Waals surface area (Å²) >= 11 is 1.76. The Labute approximate surface area is 139 Å². The number of rotatable bonds is 5. The Morgan fingerprint density at radius 3 is 2.77 bits per heavy atom. The molecule has 2 N–H and O–H groups in total. The topological polar surface area (TPSA) is 106 Å². The molecular weight excluding hydrogens is 403 g/mol. The molecule has 0 bridgehead atoms. The Kier molecular flexibility index (Phi) is 4.81. The number of nitrogens with zero attached hydrogens (tertiary/aromatic N) is 1. The van der Waals surface area contributed by atoms with Crippen molar-refractivity contribution in [3.63, 3.8) is 0 Å². The molecule has 0 aliphatic carbocycles. The van der Waals surface area contributed by atoms with Crippen molar-refractivity contribution in [2.24, 2.45) is 0 Å². The number of carbonyl (C=O) groups is 1. The molecule has 22 heavy (non-hydrogen) atoms. The van der Waals surface area contributed by atoms with Crippen LogP contribution in [0.15, 0.2) is 41.0 Å². The van der Waals surface area contributed by atoms with Crippen molar-refractivity contribution in [2.75, 3.05) is 6.54 Å². The number of hydrogen-bond acceptors (Lipinski definition) is 5. The van der Waals surface area contributed by atoms with E-state index < -0.39 is 16.4 Å². The minimum Gasteiger partial charge on any atom is -0.466 e. The van der Waals surface area contributed by atoms with Crippen molar-refractivity contribution in [1.82, 2.24) is 5.32 Å². The summed E-state index contributed by atoms with van der Waals surface area (Å²) in [6.07, 6.45) is 1.43. The molecule has 0 saturated heterocycles. The lowest BCUT2D eigenvalue weighted by molar-refractivity contribution is -0.385. The van der Waals surface area contributed by atoms with Crippen LogP contribution in [0.4, 0.5) is 5.69 Å². The van der Waals surface area contributed by atoms with Gasteiger partial charge < -0.3 is 14.8 Å². The first-order valence-electron chi connectivity index (χ1n) is 6.30. The standard InChI is InChI=1S/C14H13IN2O5/c1-14(19,11-6-3-7-22-11)8-16-13(18)9-4-2-5-10(12(9)15)17(20)21/h2-7,19H,8H2,1H3,(H,16,18)/t14-/m1/s1. The molecule has 0 unspecified atom stereocenters. The number of furan rings is 1. The third-order valence-corrected chi connectivity index (χ3v) is 4.20. The van der Waals surface area contributed by atoms with Crippen molar-refractivity contribution in [3.8, 4) is 0 Å². The SMILES string of the molecule is C[C@@](O)(CNC(=O)c1cccc([N+](=O)[O-])c1I)c1ccco1. The zero-order chi connectivity index (χ0) is 16.3. The van der Waals surface area contributed by atoms with E-state index in [0.29, 0.717) is 5.76 Å². The zero-order valence-corrected chi connectivity index (χ0v) is 13.7. The molecule has 0 fully saturated rings. The Hall–Kier alpha value is -1.94. The molecule has 1 heterocycles. The third kappa shape index (κ3) is 3.45. The van der Waals surface area contributed by atoms with Crippen LogP contribution in [-0.4, -0.2) is 22.5 Å². The smallest absolute Gasteiger partial charge is 0.283 e. The summed E-state index contributed by atoms with van der Waals surface area (Å²) < 4.78 is 5.37. The second-order valence-electron chi connectivity index (χ2n) is 4.83. The average Bonchev–Trinajstić information content (AvgIpc) is 3.00. The molecule has 0 spiro atoms. The van der Waals surface area contributed by atoms with Gasteiger partial charge in [-0.2, -0.15) is 0 Å².